The van der Waals surface area contributed by atoms with Crippen LogP contribution in [0.15, 0.2) is 71.2 Å². The molecule has 0 aliphatic heterocycles. The third-order valence-electron chi connectivity index (χ3n) is 3.93. The summed E-state index contributed by atoms with van der Waals surface area (Å²) < 4.78 is 1.05. The molecule has 0 unspecified atom stereocenters. The molecule has 0 aromatic heterocycles. The van der Waals surface area contributed by atoms with Gasteiger partial charge in [-0.2, -0.15) is 0 Å². The van der Waals surface area contributed by atoms with Crippen molar-refractivity contribution in [3.8, 4) is 0 Å². The summed E-state index contributed by atoms with van der Waals surface area (Å²) in [6.45, 7) is 0.625. The molecule has 1 amide bonds. The van der Waals surface area contributed by atoms with Gasteiger partial charge in [0.25, 0.3) is 0 Å². The Morgan fingerprint density at radius 3 is 2.30 bits per heavy atom. The van der Waals surface area contributed by atoms with Gasteiger partial charge < -0.3 is 4.90 Å². The Hall–Kier alpha value is -2.13. The Kier molecular flexibility index (Phi) is 4.77. The van der Waals surface area contributed by atoms with E-state index in [1.54, 1.807) is 4.90 Å². The van der Waals surface area contributed by atoms with Gasteiger partial charge in [0.15, 0.2) is 0 Å². The second kappa shape index (κ2) is 6.97. The monoisotopic (exact) mass is 367 g/mol. The van der Waals surface area contributed by atoms with Crippen LogP contribution in [0.3, 0.4) is 0 Å². The van der Waals surface area contributed by atoms with Crippen molar-refractivity contribution < 1.29 is 4.79 Å². The van der Waals surface area contributed by atoms with Crippen LogP contribution in [0.2, 0.25) is 0 Å². The quantitative estimate of drug-likeness (QED) is 0.648. The minimum absolute atomic E-state index is 0.128. The molecular weight excluding hydrogens is 350 g/mol. The van der Waals surface area contributed by atoms with E-state index in [-0.39, 0.29) is 5.91 Å². The standard InChI is InChI=1S/C20H18BrNO/c1-22(14-15-7-10-19(21)11-8-15)20(23)13-16-6-9-17-4-2-3-5-18(17)12-16/h2-12H,13-14H2,1H3. The normalized spacial score (nSPS) is 10.7. The van der Waals surface area contributed by atoms with Crippen LogP contribution in [0.1, 0.15) is 11.1 Å². The van der Waals surface area contributed by atoms with Gasteiger partial charge in [-0.3, -0.25) is 4.79 Å². The van der Waals surface area contributed by atoms with Crippen molar-refractivity contribution in [3.63, 3.8) is 0 Å². The number of fused-ring (bicyclic) bond motifs is 1. The van der Waals surface area contributed by atoms with Crippen molar-refractivity contribution in [2.75, 3.05) is 7.05 Å². The smallest absolute Gasteiger partial charge is 0.227 e. The van der Waals surface area contributed by atoms with Gasteiger partial charge in [-0.05, 0) is 34.0 Å². The lowest BCUT2D eigenvalue weighted by atomic mass is 10.0. The first-order valence-electron chi connectivity index (χ1n) is 7.58. The van der Waals surface area contributed by atoms with Crippen LogP contribution in [0.5, 0.6) is 0 Å². The maximum atomic E-state index is 12.4. The van der Waals surface area contributed by atoms with Crippen molar-refractivity contribution in [2.24, 2.45) is 0 Å². The zero-order valence-electron chi connectivity index (χ0n) is 13.0. The van der Waals surface area contributed by atoms with Gasteiger partial charge in [-0.15, -0.1) is 0 Å². The van der Waals surface area contributed by atoms with Crippen LogP contribution in [0.25, 0.3) is 10.8 Å². The summed E-state index contributed by atoms with van der Waals surface area (Å²) in [5, 5.41) is 2.38. The molecule has 0 heterocycles. The third kappa shape index (κ3) is 3.99. The van der Waals surface area contributed by atoms with Crippen molar-refractivity contribution in [1.82, 2.24) is 4.90 Å². The number of benzene rings is 3. The summed E-state index contributed by atoms with van der Waals surface area (Å²) >= 11 is 3.42. The van der Waals surface area contributed by atoms with E-state index in [2.05, 4.69) is 40.2 Å². The predicted octanol–water partition coefficient (Wildman–Crippen LogP) is 4.80. The van der Waals surface area contributed by atoms with Crippen LogP contribution >= 0.6 is 15.9 Å². The fraction of sp³-hybridized carbons (Fsp3) is 0.150. The number of carbonyl (C=O) groups excluding carboxylic acids is 1. The highest BCUT2D eigenvalue weighted by molar-refractivity contribution is 9.10. The van der Waals surface area contributed by atoms with Gasteiger partial charge in [-0.25, -0.2) is 0 Å². The van der Waals surface area contributed by atoms with Gasteiger partial charge in [0, 0.05) is 18.1 Å². The molecule has 3 heteroatoms. The minimum Gasteiger partial charge on any atom is -0.341 e. The summed E-state index contributed by atoms with van der Waals surface area (Å²) in [6.07, 6.45) is 0.428. The first-order valence-corrected chi connectivity index (χ1v) is 8.37. The van der Waals surface area contributed by atoms with Gasteiger partial charge in [0.1, 0.15) is 0 Å². The lowest BCUT2D eigenvalue weighted by Gasteiger charge is -2.17. The van der Waals surface area contributed by atoms with Crippen LogP contribution in [-0.2, 0) is 17.8 Å². The number of hydrogen-bond acceptors (Lipinski definition) is 1. The molecule has 0 spiro atoms. The molecule has 2 nitrogen and oxygen atoms in total. The third-order valence-corrected chi connectivity index (χ3v) is 4.46. The molecule has 116 valence electrons. The lowest BCUT2D eigenvalue weighted by molar-refractivity contribution is -0.129. The predicted molar refractivity (Wildman–Crippen MR) is 98.3 cm³/mol. The molecule has 23 heavy (non-hydrogen) atoms. The Labute approximate surface area is 144 Å². The molecule has 0 atom stereocenters. The molecule has 0 fully saturated rings. The Morgan fingerprint density at radius 2 is 1.57 bits per heavy atom. The number of amides is 1. The minimum atomic E-state index is 0.128. The van der Waals surface area contributed by atoms with E-state index in [9.17, 15) is 4.79 Å². The number of halogens is 1. The van der Waals surface area contributed by atoms with E-state index in [0.29, 0.717) is 13.0 Å². The van der Waals surface area contributed by atoms with E-state index in [1.807, 2.05) is 49.5 Å². The molecule has 0 radical (unpaired) electrons. The largest absolute Gasteiger partial charge is 0.341 e. The van der Waals surface area contributed by atoms with Crippen molar-refractivity contribution in [3.05, 3.63) is 82.3 Å². The molecule has 0 aliphatic carbocycles. The summed E-state index contributed by atoms with van der Waals surface area (Å²) in [5.74, 6) is 0.128. The SMILES string of the molecule is CN(Cc1ccc(Br)cc1)C(=O)Cc1ccc2ccccc2c1. The summed E-state index contributed by atoms with van der Waals surface area (Å²) in [6, 6.07) is 22.5. The fourth-order valence-electron chi connectivity index (χ4n) is 2.61. The van der Waals surface area contributed by atoms with Crippen molar-refractivity contribution in [2.45, 2.75) is 13.0 Å². The Bertz CT molecular complexity index is 826. The van der Waals surface area contributed by atoms with E-state index >= 15 is 0 Å². The van der Waals surface area contributed by atoms with E-state index < -0.39 is 0 Å². The highest BCUT2D eigenvalue weighted by atomic mass is 79.9. The average Bonchev–Trinajstić information content (AvgIpc) is 2.56. The maximum Gasteiger partial charge on any atom is 0.227 e. The molecule has 3 rings (SSSR count). The molecule has 0 aliphatic rings. The van der Waals surface area contributed by atoms with Crippen molar-refractivity contribution in [1.29, 1.82) is 0 Å². The van der Waals surface area contributed by atoms with Crippen LogP contribution in [0, 0.1) is 0 Å². The van der Waals surface area contributed by atoms with Gasteiger partial charge in [0.2, 0.25) is 5.91 Å². The number of hydrogen-bond donors (Lipinski definition) is 0. The molecule has 3 aromatic rings. The summed E-state index contributed by atoms with van der Waals surface area (Å²) in [7, 11) is 1.85. The second-order valence-electron chi connectivity index (χ2n) is 5.73. The summed E-state index contributed by atoms with van der Waals surface area (Å²) in [5.41, 5.74) is 2.18. The zero-order valence-corrected chi connectivity index (χ0v) is 14.6. The molecular formula is C20H18BrNO. The highest BCUT2D eigenvalue weighted by Crippen LogP contribution is 2.17. The number of likely N-dealkylation sites (N-methyl/N-ethyl adjacent to an activating group) is 1. The van der Waals surface area contributed by atoms with Gasteiger partial charge in [-0.1, -0.05) is 70.5 Å². The average molecular weight is 368 g/mol. The molecule has 0 N–H and O–H groups in total. The van der Waals surface area contributed by atoms with Crippen LogP contribution < -0.4 is 0 Å². The Balaban J connectivity index is 1.68. The van der Waals surface area contributed by atoms with Crippen LogP contribution in [-0.4, -0.2) is 17.9 Å². The first kappa shape index (κ1) is 15.8. The van der Waals surface area contributed by atoms with E-state index in [4.69, 9.17) is 0 Å². The molecule has 3 aromatic carbocycles. The number of rotatable bonds is 4. The van der Waals surface area contributed by atoms with E-state index in [0.717, 1.165) is 15.6 Å². The topological polar surface area (TPSA) is 20.3 Å². The number of nitrogens with zero attached hydrogens (tertiary/aromatic N) is 1. The lowest BCUT2D eigenvalue weighted by Crippen LogP contribution is -2.27. The maximum absolute atomic E-state index is 12.4. The first-order chi connectivity index (χ1) is 11.1. The second-order valence-corrected chi connectivity index (χ2v) is 6.65. The Morgan fingerprint density at radius 1 is 0.913 bits per heavy atom. The zero-order chi connectivity index (χ0) is 16.2. The highest BCUT2D eigenvalue weighted by Gasteiger charge is 2.10. The summed E-state index contributed by atoms with van der Waals surface area (Å²) in [4.78, 5) is 14.2. The van der Waals surface area contributed by atoms with Crippen molar-refractivity contribution >= 4 is 32.6 Å². The van der Waals surface area contributed by atoms with Gasteiger partial charge >= 0.3 is 0 Å². The number of carbonyl (C=O) groups is 1. The molecule has 0 bridgehead atoms. The molecule has 0 saturated carbocycles. The van der Waals surface area contributed by atoms with Gasteiger partial charge in [0.05, 0.1) is 6.42 Å². The van der Waals surface area contributed by atoms with E-state index in [1.165, 1.54) is 10.8 Å². The molecule has 0 saturated heterocycles. The van der Waals surface area contributed by atoms with Crippen LogP contribution in [0.4, 0.5) is 0 Å². The fourth-order valence-corrected chi connectivity index (χ4v) is 2.87.